The van der Waals surface area contributed by atoms with Crippen LogP contribution in [-0.4, -0.2) is 41.2 Å². The SMILES string of the molecule is CCCN(C1CC1)S(=O)(=O)c1c(NCC)nc2sccn12. The lowest BCUT2D eigenvalue weighted by atomic mass is 10.5. The summed E-state index contributed by atoms with van der Waals surface area (Å²) in [5.41, 5.74) is 0. The van der Waals surface area contributed by atoms with Crippen molar-refractivity contribution in [3.8, 4) is 0 Å². The number of anilines is 1. The first-order valence-electron chi connectivity index (χ1n) is 7.30. The van der Waals surface area contributed by atoms with Crippen LogP contribution in [-0.2, 0) is 10.0 Å². The van der Waals surface area contributed by atoms with E-state index in [1.807, 2.05) is 19.2 Å². The number of rotatable bonds is 7. The quantitative estimate of drug-likeness (QED) is 0.847. The fourth-order valence-corrected chi connectivity index (χ4v) is 5.27. The Morgan fingerprint density at radius 2 is 2.24 bits per heavy atom. The maximum atomic E-state index is 13.1. The molecule has 1 aliphatic carbocycles. The number of fused-ring (bicyclic) bond motifs is 1. The van der Waals surface area contributed by atoms with E-state index in [2.05, 4.69) is 10.3 Å². The smallest absolute Gasteiger partial charge is 0.263 e. The minimum absolute atomic E-state index is 0.161. The Morgan fingerprint density at radius 1 is 1.48 bits per heavy atom. The van der Waals surface area contributed by atoms with Gasteiger partial charge in [-0.25, -0.2) is 13.4 Å². The van der Waals surface area contributed by atoms with Crippen LogP contribution in [0.5, 0.6) is 0 Å². The Morgan fingerprint density at radius 3 is 2.86 bits per heavy atom. The summed E-state index contributed by atoms with van der Waals surface area (Å²) >= 11 is 1.44. The third-order valence-corrected chi connectivity index (χ3v) is 6.25. The van der Waals surface area contributed by atoms with E-state index in [-0.39, 0.29) is 11.1 Å². The van der Waals surface area contributed by atoms with Crippen molar-refractivity contribution in [1.82, 2.24) is 13.7 Å². The van der Waals surface area contributed by atoms with E-state index in [1.54, 1.807) is 14.9 Å². The molecule has 1 N–H and O–H groups in total. The van der Waals surface area contributed by atoms with E-state index in [0.29, 0.717) is 23.9 Å². The largest absolute Gasteiger partial charge is 0.368 e. The van der Waals surface area contributed by atoms with Crippen LogP contribution in [0.3, 0.4) is 0 Å². The molecule has 2 heterocycles. The fourth-order valence-electron chi connectivity index (χ4n) is 2.49. The van der Waals surface area contributed by atoms with Gasteiger partial charge >= 0.3 is 0 Å². The average molecular weight is 328 g/mol. The summed E-state index contributed by atoms with van der Waals surface area (Å²) in [6, 6.07) is 0.161. The molecule has 2 aromatic heterocycles. The highest BCUT2D eigenvalue weighted by atomic mass is 32.2. The van der Waals surface area contributed by atoms with E-state index >= 15 is 0 Å². The molecule has 0 radical (unpaired) electrons. The standard InChI is InChI=1S/C13H20N4O2S2/c1-3-7-17(10-5-6-10)21(18,19)12-11(14-4-2)15-13-16(12)8-9-20-13/h8-10,14H,3-7H2,1-2H3. The first kappa shape index (κ1) is 14.8. The number of nitrogens with zero attached hydrogens (tertiary/aromatic N) is 3. The molecule has 1 saturated carbocycles. The summed E-state index contributed by atoms with van der Waals surface area (Å²) in [7, 11) is -3.53. The Bertz CT molecular complexity index is 731. The van der Waals surface area contributed by atoms with Gasteiger partial charge in [0, 0.05) is 30.7 Å². The van der Waals surface area contributed by atoms with Gasteiger partial charge in [0.25, 0.3) is 10.0 Å². The molecular weight excluding hydrogens is 308 g/mol. The molecule has 8 heteroatoms. The molecule has 0 aromatic carbocycles. The zero-order valence-corrected chi connectivity index (χ0v) is 13.9. The van der Waals surface area contributed by atoms with Crippen molar-refractivity contribution in [2.75, 3.05) is 18.4 Å². The van der Waals surface area contributed by atoms with Crippen molar-refractivity contribution < 1.29 is 8.42 Å². The second-order valence-corrected chi connectivity index (χ2v) is 7.88. The van der Waals surface area contributed by atoms with Gasteiger partial charge in [0.05, 0.1) is 0 Å². The third kappa shape index (κ3) is 2.56. The monoisotopic (exact) mass is 328 g/mol. The van der Waals surface area contributed by atoms with Gasteiger partial charge in [0.15, 0.2) is 15.8 Å². The van der Waals surface area contributed by atoms with Crippen LogP contribution in [0.15, 0.2) is 16.6 Å². The number of thiazole rings is 1. The van der Waals surface area contributed by atoms with Gasteiger partial charge in [-0.1, -0.05) is 6.92 Å². The number of hydrogen-bond acceptors (Lipinski definition) is 5. The Balaban J connectivity index is 2.11. The number of nitrogens with one attached hydrogen (secondary N) is 1. The maximum absolute atomic E-state index is 13.1. The molecule has 0 atom stereocenters. The zero-order chi connectivity index (χ0) is 15.0. The summed E-state index contributed by atoms with van der Waals surface area (Å²) < 4.78 is 29.5. The molecular formula is C13H20N4O2S2. The normalized spacial score (nSPS) is 16.0. The van der Waals surface area contributed by atoms with Gasteiger partial charge in [-0.2, -0.15) is 4.31 Å². The van der Waals surface area contributed by atoms with Crippen LogP contribution in [0.4, 0.5) is 5.82 Å². The first-order chi connectivity index (χ1) is 10.1. The molecule has 1 aliphatic rings. The van der Waals surface area contributed by atoms with Gasteiger partial charge < -0.3 is 5.32 Å². The lowest BCUT2D eigenvalue weighted by Gasteiger charge is -2.21. The van der Waals surface area contributed by atoms with Gasteiger partial charge in [-0.15, -0.1) is 11.3 Å². The maximum Gasteiger partial charge on any atom is 0.263 e. The second kappa shape index (κ2) is 5.58. The molecule has 2 aromatic rings. The summed E-state index contributed by atoms with van der Waals surface area (Å²) in [4.78, 5) is 5.12. The minimum atomic E-state index is -3.53. The molecule has 0 aliphatic heterocycles. The average Bonchev–Trinajstić information content (AvgIpc) is 3.06. The van der Waals surface area contributed by atoms with E-state index in [1.165, 1.54) is 11.3 Å². The Hall–Kier alpha value is -1.12. The fraction of sp³-hybridized carbons (Fsp3) is 0.615. The molecule has 0 bridgehead atoms. The molecule has 6 nitrogen and oxygen atoms in total. The molecule has 21 heavy (non-hydrogen) atoms. The first-order valence-corrected chi connectivity index (χ1v) is 9.62. The summed E-state index contributed by atoms with van der Waals surface area (Å²) in [5, 5.41) is 5.22. The molecule has 0 unspecified atom stereocenters. The van der Waals surface area contributed by atoms with E-state index in [4.69, 9.17) is 0 Å². The predicted molar refractivity (Wildman–Crippen MR) is 84.4 cm³/mol. The summed E-state index contributed by atoms with van der Waals surface area (Å²) in [6.45, 7) is 5.15. The van der Waals surface area contributed by atoms with Crippen molar-refractivity contribution in [1.29, 1.82) is 0 Å². The van der Waals surface area contributed by atoms with Crippen molar-refractivity contribution in [2.24, 2.45) is 0 Å². The van der Waals surface area contributed by atoms with Crippen LogP contribution in [0.2, 0.25) is 0 Å². The molecule has 0 amide bonds. The van der Waals surface area contributed by atoms with Gasteiger partial charge in [0.2, 0.25) is 0 Å². The van der Waals surface area contributed by atoms with Gasteiger partial charge in [0.1, 0.15) is 0 Å². The van der Waals surface area contributed by atoms with Crippen LogP contribution in [0, 0.1) is 0 Å². The van der Waals surface area contributed by atoms with Crippen molar-refractivity contribution in [3.05, 3.63) is 11.6 Å². The lowest BCUT2D eigenvalue weighted by Crippen LogP contribution is -2.35. The third-order valence-electron chi connectivity index (χ3n) is 3.51. The van der Waals surface area contributed by atoms with Gasteiger partial charge in [-0.05, 0) is 26.2 Å². The zero-order valence-electron chi connectivity index (χ0n) is 12.2. The van der Waals surface area contributed by atoms with Crippen LogP contribution in [0.25, 0.3) is 4.96 Å². The minimum Gasteiger partial charge on any atom is -0.368 e. The van der Waals surface area contributed by atoms with Crippen molar-refractivity contribution in [3.63, 3.8) is 0 Å². The molecule has 0 spiro atoms. The topological polar surface area (TPSA) is 66.7 Å². The molecule has 0 saturated heterocycles. The van der Waals surface area contributed by atoms with Crippen molar-refractivity contribution in [2.45, 2.75) is 44.2 Å². The molecule has 1 fully saturated rings. The predicted octanol–water partition coefficient (Wildman–Crippen LogP) is 2.39. The number of hydrogen-bond donors (Lipinski definition) is 1. The van der Waals surface area contributed by atoms with Gasteiger partial charge in [-0.3, -0.25) is 4.40 Å². The van der Waals surface area contributed by atoms with Crippen LogP contribution in [0.1, 0.15) is 33.1 Å². The van der Waals surface area contributed by atoms with Crippen LogP contribution >= 0.6 is 11.3 Å². The van der Waals surface area contributed by atoms with Crippen molar-refractivity contribution >= 4 is 32.1 Å². The highest BCUT2D eigenvalue weighted by Gasteiger charge is 2.40. The Kier molecular flexibility index (Phi) is 3.94. The van der Waals surface area contributed by atoms with E-state index in [9.17, 15) is 8.42 Å². The molecule has 3 rings (SSSR count). The van der Waals surface area contributed by atoms with E-state index in [0.717, 1.165) is 19.3 Å². The second-order valence-electron chi connectivity index (χ2n) is 5.20. The number of aromatic nitrogens is 2. The number of sulfonamides is 1. The van der Waals surface area contributed by atoms with Crippen LogP contribution < -0.4 is 5.32 Å². The lowest BCUT2D eigenvalue weighted by molar-refractivity contribution is 0.401. The number of imidazole rings is 1. The molecule has 116 valence electrons. The highest BCUT2D eigenvalue weighted by Crippen LogP contribution is 2.35. The van der Waals surface area contributed by atoms with E-state index < -0.39 is 10.0 Å². The summed E-state index contributed by atoms with van der Waals surface area (Å²) in [5.74, 6) is 0.464. The summed E-state index contributed by atoms with van der Waals surface area (Å²) in [6.07, 6.45) is 4.51. The highest BCUT2D eigenvalue weighted by molar-refractivity contribution is 7.89. The Labute approximate surface area is 128 Å².